The lowest BCUT2D eigenvalue weighted by molar-refractivity contribution is -0.127. The molecule has 136 valence electrons. The number of hydrogen-bond acceptors (Lipinski definition) is 4. The van der Waals surface area contributed by atoms with E-state index in [0.717, 1.165) is 0 Å². The third-order valence-corrected chi connectivity index (χ3v) is 4.98. The lowest BCUT2D eigenvalue weighted by Crippen LogP contribution is -2.37. The molecule has 4 rings (SSSR count). The summed E-state index contributed by atoms with van der Waals surface area (Å²) in [5.41, 5.74) is 0.285. The van der Waals surface area contributed by atoms with Crippen molar-refractivity contribution in [3.05, 3.63) is 59.8 Å². The molecule has 2 aliphatic heterocycles. The second-order valence-corrected chi connectivity index (χ2v) is 6.56. The van der Waals surface area contributed by atoms with Crippen molar-refractivity contribution < 1.29 is 23.1 Å². The lowest BCUT2D eigenvalue weighted by atomic mass is 10.0. The number of rotatable bonds is 4. The van der Waals surface area contributed by atoms with Crippen LogP contribution in [-0.4, -0.2) is 42.0 Å². The van der Waals surface area contributed by atoms with Gasteiger partial charge in [0.15, 0.2) is 0 Å². The van der Waals surface area contributed by atoms with Gasteiger partial charge in [-0.1, -0.05) is 6.07 Å². The molecule has 26 heavy (non-hydrogen) atoms. The molecule has 1 aromatic carbocycles. The Morgan fingerprint density at radius 3 is 2.92 bits per heavy atom. The lowest BCUT2D eigenvalue weighted by Gasteiger charge is -2.22. The van der Waals surface area contributed by atoms with Crippen molar-refractivity contribution in [2.24, 2.45) is 5.92 Å². The number of halogens is 1. The van der Waals surface area contributed by atoms with Gasteiger partial charge in [0, 0.05) is 18.7 Å². The van der Waals surface area contributed by atoms with Crippen molar-refractivity contribution in [2.75, 3.05) is 13.2 Å². The van der Waals surface area contributed by atoms with E-state index >= 15 is 0 Å². The maximum Gasteiger partial charge on any atom is 0.254 e. The van der Waals surface area contributed by atoms with Gasteiger partial charge in [-0.3, -0.25) is 9.59 Å². The summed E-state index contributed by atoms with van der Waals surface area (Å²) in [4.78, 5) is 27.1. The number of carbonyl (C=O) groups excluding carboxylic acids is 2. The van der Waals surface area contributed by atoms with E-state index in [1.807, 2.05) is 0 Å². The Kier molecular flexibility index (Phi) is 4.46. The quantitative estimate of drug-likeness (QED) is 0.907. The number of nitrogens with zero attached hydrogens (tertiary/aromatic N) is 1. The first-order valence-electron chi connectivity index (χ1n) is 8.62. The van der Waals surface area contributed by atoms with E-state index in [9.17, 15) is 14.0 Å². The second kappa shape index (κ2) is 6.92. The first kappa shape index (κ1) is 16.8. The molecule has 0 aliphatic carbocycles. The Balaban J connectivity index is 1.48. The van der Waals surface area contributed by atoms with Gasteiger partial charge < -0.3 is 19.4 Å². The maximum atomic E-state index is 13.5. The number of benzene rings is 1. The summed E-state index contributed by atoms with van der Waals surface area (Å²) < 4.78 is 24.4. The van der Waals surface area contributed by atoms with Crippen LogP contribution in [0.5, 0.6) is 0 Å². The predicted molar refractivity (Wildman–Crippen MR) is 89.6 cm³/mol. The van der Waals surface area contributed by atoms with Crippen LogP contribution >= 0.6 is 0 Å². The number of likely N-dealkylation sites (tertiary alicyclic amines) is 1. The summed E-state index contributed by atoms with van der Waals surface area (Å²) in [5.74, 6) is -0.691. The smallest absolute Gasteiger partial charge is 0.254 e. The van der Waals surface area contributed by atoms with E-state index < -0.39 is 11.7 Å². The first-order valence-corrected chi connectivity index (χ1v) is 8.62. The number of carbonyl (C=O) groups is 2. The number of ether oxygens (including phenoxy) is 1. The predicted octanol–water partition coefficient (Wildman–Crippen LogP) is 1.96. The fourth-order valence-electron chi connectivity index (χ4n) is 3.74. The number of fused-ring (bicyclic) bond motifs is 1. The molecule has 0 bridgehead atoms. The van der Waals surface area contributed by atoms with Gasteiger partial charge in [0.25, 0.3) is 5.91 Å². The van der Waals surface area contributed by atoms with Gasteiger partial charge in [-0.05, 0) is 36.8 Å². The van der Waals surface area contributed by atoms with E-state index in [2.05, 4.69) is 5.32 Å². The van der Waals surface area contributed by atoms with E-state index in [4.69, 9.17) is 9.15 Å². The summed E-state index contributed by atoms with van der Waals surface area (Å²) >= 11 is 0. The molecule has 2 saturated heterocycles. The number of hydrogen-bond donors (Lipinski definition) is 1. The highest BCUT2D eigenvalue weighted by atomic mass is 19.1. The van der Waals surface area contributed by atoms with Gasteiger partial charge in [0.2, 0.25) is 5.91 Å². The largest absolute Gasteiger partial charge is 0.467 e. The molecule has 0 saturated carbocycles. The van der Waals surface area contributed by atoms with E-state index in [1.165, 1.54) is 18.2 Å². The van der Waals surface area contributed by atoms with Crippen molar-refractivity contribution in [3.63, 3.8) is 0 Å². The molecule has 7 heteroatoms. The fourth-order valence-corrected chi connectivity index (χ4v) is 3.74. The van der Waals surface area contributed by atoms with Crippen molar-refractivity contribution >= 4 is 11.8 Å². The van der Waals surface area contributed by atoms with Gasteiger partial charge in [0.05, 0.1) is 30.9 Å². The molecule has 1 aromatic heterocycles. The molecule has 3 heterocycles. The van der Waals surface area contributed by atoms with Crippen LogP contribution in [0.3, 0.4) is 0 Å². The zero-order chi connectivity index (χ0) is 18.1. The molecule has 2 aromatic rings. The minimum absolute atomic E-state index is 0.162. The highest BCUT2D eigenvalue weighted by molar-refractivity contribution is 5.95. The molecular weight excluding hydrogens is 339 g/mol. The molecule has 1 N–H and O–H groups in total. The Hall–Kier alpha value is -2.67. The minimum atomic E-state index is -0.456. The van der Waals surface area contributed by atoms with Crippen LogP contribution in [0.25, 0.3) is 0 Å². The van der Waals surface area contributed by atoms with Crippen molar-refractivity contribution in [2.45, 2.75) is 25.1 Å². The summed E-state index contributed by atoms with van der Waals surface area (Å²) in [6.45, 7) is 1.05. The normalized spacial score (nSPS) is 24.5. The molecule has 2 fully saturated rings. The monoisotopic (exact) mass is 358 g/mol. The van der Waals surface area contributed by atoms with Crippen molar-refractivity contribution in [1.29, 1.82) is 0 Å². The standard InChI is InChI=1S/C19H19FN2O4/c20-13-4-1-3-12(9-13)19(24)22-11-15(17-16(22)6-8-26-17)18(23)21-10-14-5-2-7-25-14/h1-5,7,9,15-17H,6,8,10-11H2,(H,21,23)/t15-,16+,17-/m1/s1. The maximum absolute atomic E-state index is 13.5. The number of furan rings is 1. The van der Waals surface area contributed by atoms with Crippen LogP contribution in [0.4, 0.5) is 4.39 Å². The Morgan fingerprint density at radius 2 is 2.15 bits per heavy atom. The molecule has 0 spiro atoms. The number of amides is 2. The van der Waals surface area contributed by atoms with Gasteiger partial charge in [0.1, 0.15) is 11.6 Å². The molecular formula is C19H19FN2O4. The van der Waals surface area contributed by atoms with Crippen molar-refractivity contribution in [3.8, 4) is 0 Å². The number of nitrogens with one attached hydrogen (secondary N) is 1. The van der Waals surface area contributed by atoms with Crippen LogP contribution in [0.2, 0.25) is 0 Å². The minimum Gasteiger partial charge on any atom is -0.467 e. The zero-order valence-corrected chi connectivity index (χ0v) is 14.1. The average molecular weight is 358 g/mol. The van der Waals surface area contributed by atoms with Crippen LogP contribution in [0.15, 0.2) is 47.1 Å². The van der Waals surface area contributed by atoms with Crippen LogP contribution in [0.1, 0.15) is 22.5 Å². The van der Waals surface area contributed by atoms with Gasteiger partial charge in [-0.2, -0.15) is 0 Å². The summed E-state index contributed by atoms with van der Waals surface area (Å²) in [7, 11) is 0. The third-order valence-electron chi connectivity index (χ3n) is 4.98. The summed E-state index contributed by atoms with van der Waals surface area (Å²) in [5, 5.41) is 2.84. The van der Waals surface area contributed by atoms with Crippen molar-refractivity contribution in [1.82, 2.24) is 10.2 Å². The molecule has 2 amide bonds. The fraction of sp³-hybridized carbons (Fsp3) is 0.368. The van der Waals surface area contributed by atoms with E-state index in [-0.39, 0.29) is 42.6 Å². The molecule has 6 nitrogen and oxygen atoms in total. The third kappa shape index (κ3) is 3.10. The highest BCUT2D eigenvalue weighted by Gasteiger charge is 2.50. The second-order valence-electron chi connectivity index (χ2n) is 6.56. The van der Waals surface area contributed by atoms with Crippen LogP contribution in [0, 0.1) is 11.7 Å². The summed E-state index contributed by atoms with van der Waals surface area (Å²) in [6.07, 6.45) is 1.89. The first-order chi connectivity index (χ1) is 12.6. The molecule has 0 radical (unpaired) electrons. The van der Waals surface area contributed by atoms with Crippen LogP contribution < -0.4 is 5.32 Å². The highest BCUT2D eigenvalue weighted by Crippen LogP contribution is 2.34. The Morgan fingerprint density at radius 1 is 1.27 bits per heavy atom. The topological polar surface area (TPSA) is 71.8 Å². The van der Waals surface area contributed by atoms with Gasteiger partial charge >= 0.3 is 0 Å². The SMILES string of the molecule is O=C(NCc1ccco1)[C@@H]1CN(C(=O)c2cccc(F)c2)[C@H]2CCO[C@H]12. The van der Waals surface area contributed by atoms with Crippen LogP contribution in [-0.2, 0) is 16.1 Å². The van der Waals surface area contributed by atoms with E-state index in [1.54, 1.807) is 29.4 Å². The zero-order valence-electron chi connectivity index (χ0n) is 14.1. The van der Waals surface area contributed by atoms with Gasteiger partial charge in [-0.25, -0.2) is 4.39 Å². The molecule has 0 unspecified atom stereocenters. The molecule has 3 atom stereocenters. The summed E-state index contributed by atoms with van der Waals surface area (Å²) in [6, 6.07) is 8.99. The Bertz CT molecular complexity index is 808. The van der Waals surface area contributed by atoms with Gasteiger partial charge in [-0.15, -0.1) is 0 Å². The molecule has 2 aliphatic rings. The van der Waals surface area contributed by atoms with E-state index in [0.29, 0.717) is 18.8 Å². The average Bonchev–Trinajstić information content (AvgIpc) is 3.36. The Labute approximate surface area is 149 Å².